The van der Waals surface area contributed by atoms with Crippen LogP contribution in [0.3, 0.4) is 0 Å². The molecule has 1 aromatic rings. The molecule has 2 rings (SSSR count). The highest BCUT2D eigenvalue weighted by molar-refractivity contribution is 5.93. The number of nitrogens with zero attached hydrogens (tertiary/aromatic N) is 2. The normalized spacial score (nSPS) is 15.2. The van der Waals surface area contributed by atoms with Gasteiger partial charge in [-0.15, -0.1) is 0 Å². The maximum Gasteiger partial charge on any atom is 0.295 e. The molecule has 0 bridgehead atoms. The van der Waals surface area contributed by atoms with E-state index < -0.39 is 0 Å². The molecule has 0 atom stereocenters. The van der Waals surface area contributed by atoms with Crippen LogP contribution in [0.15, 0.2) is 30.3 Å². The maximum absolute atomic E-state index is 11.2. The van der Waals surface area contributed by atoms with Crippen molar-refractivity contribution in [1.82, 2.24) is 10.2 Å². The maximum atomic E-state index is 11.2. The van der Waals surface area contributed by atoms with Crippen LogP contribution in [0.5, 0.6) is 0 Å². The Kier molecular flexibility index (Phi) is 6.11. The highest BCUT2D eigenvalue weighted by atomic mass is 16.1. The van der Waals surface area contributed by atoms with Crippen molar-refractivity contribution in [1.29, 1.82) is 0 Å². The first-order chi connectivity index (χ1) is 10.3. The molecule has 0 unspecified atom stereocenters. The monoisotopic (exact) mass is 285 g/mol. The van der Waals surface area contributed by atoms with Crippen molar-refractivity contribution in [2.75, 3.05) is 44.2 Å². The Bertz CT molecular complexity index is 496. The third-order valence-electron chi connectivity index (χ3n) is 3.67. The second kappa shape index (κ2) is 8.33. The number of carbonyl (C=O) groups excluding carboxylic acids is 1. The lowest BCUT2D eigenvalue weighted by molar-refractivity contribution is -0.115. The highest BCUT2D eigenvalue weighted by Gasteiger charge is 2.16. The molecule has 0 aliphatic carbocycles. The molecule has 1 saturated heterocycles. The molecule has 4 nitrogen and oxygen atoms in total. The Balaban J connectivity index is 1.63. The van der Waals surface area contributed by atoms with Crippen LogP contribution in [0.1, 0.15) is 13.3 Å². The average Bonchev–Trinajstić information content (AvgIpc) is 2.53. The van der Waals surface area contributed by atoms with Gasteiger partial charge in [-0.2, -0.15) is 0 Å². The molecule has 21 heavy (non-hydrogen) atoms. The molecular weight excluding hydrogens is 262 g/mol. The van der Waals surface area contributed by atoms with E-state index in [0.29, 0.717) is 6.54 Å². The number of benzene rings is 1. The smallest absolute Gasteiger partial charge is 0.295 e. The minimum atomic E-state index is -0.175. The number of hydrogen-bond acceptors (Lipinski definition) is 3. The first-order valence-corrected chi connectivity index (χ1v) is 7.52. The van der Waals surface area contributed by atoms with E-state index in [0.717, 1.165) is 39.1 Å². The summed E-state index contributed by atoms with van der Waals surface area (Å²) in [5, 5.41) is 2.81. The summed E-state index contributed by atoms with van der Waals surface area (Å²) >= 11 is 0. The average molecular weight is 285 g/mol. The SMILES string of the molecule is CC#CC(=O)NCCCN1CCN(c2ccccc2)CC1. The minimum absolute atomic E-state index is 0.175. The lowest BCUT2D eigenvalue weighted by Crippen LogP contribution is -2.47. The van der Waals surface area contributed by atoms with Crippen molar-refractivity contribution in [2.24, 2.45) is 0 Å². The quantitative estimate of drug-likeness (QED) is 0.655. The third-order valence-corrected chi connectivity index (χ3v) is 3.67. The Morgan fingerprint density at radius 3 is 2.57 bits per heavy atom. The number of para-hydroxylation sites is 1. The summed E-state index contributed by atoms with van der Waals surface area (Å²) in [6.45, 7) is 7.70. The van der Waals surface area contributed by atoms with E-state index in [4.69, 9.17) is 0 Å². The molecule has 1 aliphatic rings. The van der Waals surface area contributed by atoms with Gasteiger partial charge < -0.3 is 10.2 Å². The van der Waals surface area contributed by atoms with E-state index in [1.165, 1.54) is 5.69 Å². The van der Waals surface area contributed by atoms with Gasteiger partial charge in [0.05, 0.1) is 0 Å². The van der Waals surface area contributed by atoms with Crippen molar-refractivity contribution in [3.8, 4) is 11.8 Å². The molecule has 1 aromatic carbocycles. The largest absolute Gasteiger partial charge is 0.369 e. The predicted molar refractivity (Wildman–Crippen MR) is 86.2 cm³/mol. The molecule has 1 aliphatic heterocycles. The molecular formula is C17H23N3O. The summed E-state index contributed by atoms with van der Waals surface area (Å²) in [5.41, 5.74) is 1.31. The van der Waals surface area contributed by atoms with Crippen LogP contribution in [0, 0.1) is 11.8 Å². The Morgan fingerprint density at radius 1 is 1.19 bits per heavy atom. The standard InChI is InChI=1S/C17H23N3O/c1-2-7-17(21)18-10-6-11-19-12-14-20(15-13-19)16-8-4-3-5-9-16/h3-5,8-9H,6,10-15H2,1H3,(H,18,21). The molecule has 1 fully saturated rings. The summed E-state index contributed by atoms with van der Waals surface area (Å²) in [7, 11) is 0. The molecule has 0 saturated carbocycles. The molecule has 4 heteroatoms. The van der Waals surface area contributed by atoms with Gasteiger partial charge in [0.25, 0.3) is 5.91 Å². The fourth-order valence-electron chi connectivity index (χ4n) is 2.53. The van der Waals surface area contributed by atoms with Crippen LogP contribution in [0.25, 0.3) is 0 Å². The van der Waals surface area contributed by atoms with Gasteiger partial charge in [0, 0.05) is 38.4 Å². The summed E-state index contributed by atoms with van der Waals surface area (Å²) in [4.78, 5) is 16.1. The van der Waals surface area contributed by atoms with Gasteiger partial charge in [0.2, 0.25) is 0 Å². The zero-order chi connectivity index (χ0) is 14.9. The zero-order valence-corrected chi connectivity index (χ0v) is 12.6. The van der Waals surface area contributed by atoms with Gasteiger partial charge in [0.1, 0.15) is 0 Å². The fraction of sp³-hybridized carbons (Fsp3) is 0.471. The second-order valence-corrected chi connectivity index (χ2v) is 5.15. The van der Waals surface area contributed by atoms with Gasteiger partial charge in [0.15, 0.2) is 0 Å². The number of hydrogen-bond donors (Lipinski definition) is 1. The topological polar surface area (TPSA) is 35.6 Å². The second-order valence-electron chi connectivity index (χ2n) is 5.15. The van der Waals surface area contributed by atoms with Crippen molar-refractivity contribution in [2.45, 2.75) is 13.3 Å². The number of carbonyl (C=O) groups is 1. The van der Waals surface area contributed by atoms with Crippen molar-refractivity contribution in [3.63, 3.8) is 0 Å². The van der Waals surface area contributed by atoms with E-state index in [1.54, 1.807) is 6.92 Å². The Labute approximate surface area is 127 Å². The molecule has 1 N–H and O–H groups in total. The van der Waals surface area contributed by atoms with Crippen molar-refractivity contribution in [3.05, 3.63) is 30.3 Å². The summed E-state index contributed by atoms with van der Waals surface area (Å²) in [6.07, 6.45) is 0.975. The van der Waals surface area contributed by atoms with Crippen LogP contribution in [-0.2, 0) is 4.79 Å². The number of rotatable bonds is 5. The van der Waals surface area contributed by atoms with Crippen LogP contribution < -0.4 is 10.2 Å². The van der Waals surface area contributed by atoms with Crippen LogP contribution >= 0.6 is 0 Å². The summed E-state index contributed by atoms with van der Waals surface area (Å²) in [6, 6.07) is 10.6. The molecule has 1 amide bonds. The van der Waals surface area contributed by atoms with E-state index in [1.807, 2.05) is 0 Å². The first-order valence-electron chi connectivity index (χ1n) is 7.52. The fourth-order valence-corrected chi connectivity index (χ4v) is 2.53. The lowest BCUT2D eigenvalue weighted by Gasteiger charge is -2.36. The lowest BCUT2D eigenvalue weighted by atomic mass is 10.2. The number of amides is 1. The number of piperazine rings is 1. The van der Waals surface area contributed by atoms with Gasteiger partial charge in [-0.3, -0.25) is 9.69 Å². The summed E-state index contributed by atoms with van der Waals surface area (Å²) < 4.78 is 0. The molecule has 0 spiro atoms. The third kappa shape index (κ3) is 5.13. The van der Waals surface area contributed by atoms with E-state index in [2.05, 4.69) is 57.3 Å². The molecule has 0 radical (unpaired) electrons. The van der Waals surface area contributed by atoms with Crippen molar-refractivity contribution < 1.29 is 4.79 Å². The van der Waals surface area contributed by atoms with Crippen LogP contribution in [-0.4, -0.2) is 50.1 Å². The highest BCUT2D eigenvalue weighted by Crippen LogP contribution is 2.15. The van der Waals surface area contributed by atoms with E-state index in [9.17, 15) is 4.79 Å². The summed E-state index contributed by atoms with van der Waals surface area (Å²) in [5.74, 6) is 4.91. The minimum Gasteiger partial charge on any atom is -0.369 e. The van der Waals surface area contributed by atoms with Gasteiger partial charge >= 0.3 is 0 Å². The predicted octanol–water partition coefficient (Wildman–Crippen LogP) is 1.34. The number of anilines is 1. The Hall–Kier alpha value is -1.99. The van der Waals surface area contributed by atoms with Gasteiger partial charge in [-0.05, 0) is 37.9 Å². The van der Waals surface area contributed by atoms with Crippen LogP contribution in [0.4, 0.5) is 5.69 Å². The first kappa shape index (κ1) is 15.4. The van der Waals surface area contributed by atoms with Crippen molar-refractivity contribution >= 4 is 11.6 Å². The molecule has 112 valence electrons. The molecule has 0 aromatic heterocycles. The zero-order valence-electron chi connectivity index (χ0n) is 12.6. The number of nitrogens with one attached hydrogen (secondary N) is 1. The van der Waals surface area contributed by atoms with Gasteiger partial charge in [-0.1, -0.05) is 24.1 Å². The molecule has 1 heterocycles. The van der Waals surface area contributed by atoms with E-state index >= 15 is 0 Å². The van der Waals surface area contributed by atoms with E-state index in [-0.39, 0.29) is 5.91 Å². The van der Waals surface area contributed by atoms with Crippen LogP contribution in [0.2, 0.25) is 0 Å². The van der Waals surface area contributed by atoms with Gasteiger partial charge in [-0.25, -0.2) is 0 Å². The Morgan fingerprint density at radius 2 is 1.90 bits per heavy atom.